The Hall–Kier alpha value is -1.07. The lowest BCUT2D eigenvalue weighted by atomic mass is 10.2. The molecule has 0 radical (unpaired) electrons. The summed E-state index contributed by atoms with van der Waals surface area (Å²) in [5, 5.41) is 5.35. The molecule has 4 nitrogen and oxygen atoms in total. The van der Waals surface area contributed by atoms with Crippen molar-refractivity contribution in [1.82, 2.24) is 15.1 Å². The number of nitrogens with one attached hydrogen (secondary N) is 1. The highest BCUT2D eigenvalue weighted by Crippen LogP contribution is 2.30. The molecule has 1 saturated heterocycles. The van der Waals surface area contributed by atoms with E-state index in [-0.39, 0.29) is 6.03 Å². The molecule has 0 bridgehead atoms. The highest BCUT2D eigenvalue weighted by molar-refractivity contribution is 7.10. The van der Waals surface area contributed by atoms with Crippen molar-refractivity contribution in [3.8, 4) is 0 Å². The van der Waals surface area contributed by atoms with Gasteiger partial charge in [-0.05, 0) is 62.6 Å². The van der Waals surface area contributed by atoms with E-state index in [1.165, 1.54) is 30.6 Å². The van der Waals surface area contributed by atoms with Crippen LogP contribution in [0.4, 0.5) is 4.79 Å². The van der Waals surface area contributed by atoms with Crippen molar-refractivity contribution in [1.29, 1.82) is 0 Å². The number of rotatable bonds is 8. The number of carbonyl (C=O) groups is 1. The highest BCUT2D eigenvalue weighted by Gasteiger charge is 2.28. The molecule has 1 atom stereocenters. The van der Waals surface area contributed by atoms with Crippen LogP contribution in [0.15, 0.2) is 17.5 Å². The zero-order valence-electron chi connectivity index (χ0n) is 14.2. The first-order chi connectivity index (χ1) is 11.3. The molecule has 1 aliphatic heterocycles. The van der Waals surface area contributed by atoms with Crippen LogP contribution in [-0.4, -0.2) is 48.6 Å². The van der Waals surface area contributed by atoms with Crippen molar-refractivity contribution in [3.63, 3.8) is 0 Å². The van der Waals surface area contributed by atoms with Crippen LogP contribution >= 0.6 is 11.3 Å². The molecule has 1 aromatic rings. The van der Waals surface area contributed by atoms with Gasteiger partial charge in [-0.1, -0.05) is 13.0 Å². The van der Waals surface area contributed by atoms with E-state index in [2.05, 4.69) is 34.7 Å². The van der Waals surface area contributed by atoms with E-state index >= 15 is 0 Å². The molecular formula is C18H29N3OS. The number of likely N-dealkylation sites (tertiary alicyclic amines) is 1. The normalized spacial score (nSPS) is 19.7. The Kier molecular flexibility index (Phi) is 5.95. The van der Waals surface area contributed by atoms with Crippen molar-refractivity contribution in [2.45, 2.75) is 45.1 Å². The molecule has 1 unspecified atom stereocenters. The Morgan fingerprint density at radius 3 is 2.83 bits per heavy atom. The molecule has 0 aromatic carbocycles. The van der Waals surface area contributed by atoms with Gasteiger partial charge in [0.25, 0.3) is 0 Å². The lowest BCUT2D eigenvalue weighted by Gasteiger charge is -2.29. The van der Waals surface area contributed by atoms with E-state index in [4.69, 9.17) is 0 Å². The second-order valence-corrected chi connectivity index (χ2v) is 7.83. The quantitative estimate of drug-likeness (QED) is 0.786. The number of urea groups is 1. The third-order valence-electron chi connectivity index (χ3n) is 4.86. The van der Waals surface area contributed by atoms with Crippen molar-refractivity contribution in [2.75, 3.05) is 32.7 Å². The molecule has 3 rings (SSSR count). The van der Waals surface area contributed by atoms with Gasteiger partial charge in [0.05, 0.1) is 6.04 Å². The lowest BCUT2D eigenvalue weighted by molar-refractivity contribution is 0.186. The van der Waals surface area contributed by atoms with E-state index < -0.39 is 0 Å². The predicted octanol–water partition coefficient (Wildman–Crippen LogP) is 3.72. The fraction of sp³-hybridized carbons (Fsp3) is 0.722. The van der Waals surface area contributed by atoms with E-state index in [9.17, 15) is 4.79 Å². The number of hydrogen-bond donors (Lipinski definition) is 1. The minimum absolute atomic E-state index is 0.125. The Morgan fingerprint density at radius 1 is 1.43 bits per heavy atom. The van der Waals surface area contributed by atoms with Gasteiger partial charge >= 0.3 is 6.03 Å². The van der Waals surface area contributed by atoms with Gasteiger partial charge in [-0.2, -0.15) is 0 Å². The minimum atomic E-state index is 0.125. The Balaban J connectivity index is 1.57. The molecule has 1 saturated carbocycles. The van der Waals surface area contributed by atoms with Crippen molar-refractivity contribution in [3.05, 3.63) is 22.4 Å². The minimum Gasteiger partial charge on any atom is -0.336 e. The topological polar surface area (TPSA) is 35.6 Å². The SMILES string of the molecule is CCCN(CC1CC1)C(=O)NCC(c1cccs1)N1CCCC1. The van der Waals surface area contributed by atoms with Crippen LogP contribution in [0, 0.1) is 5.92 Å². The largest absolute Gasteiger partial charge is 0.336 e. The third kappa shape index (κ3) is 4.70. The highest BCUT2D eigenvalue weighted by atomic mass is 32.1. The molecule has 1 aliphatic carbocycles. The first kappa shape index (κ1) is 16.8. The maximum atomic E-state index is 12.6. The summed E-state index contributed by atoms with van der Waals surface area (Å²) < 4.78 is 0. The smallest absolute Gasteiger partial charge is 0.317 e. The molecule has 2 heterocycles. The zero-order valence-corrected chi connectivity index (χ0v) is 15.0. The van der Waals surface area contributed by atoms with Crippen molar-refractivity contribution >= 4 is 17.4 Å². The van der Waals surface area contributed by atoms with E-state index in [0.29, 0.717) is 6.04 Å². The van der Waals surface area contributed by atoms with Crippen LogP contribution in [0.2, 0.25) is 0 Å². The molecule has 1 aromatic heterocycles. The second-order valence-electron chi connectivity index (χ2n) is 6.85. The fourth-order valence-corrected chi connectivity index (χ4v) is 4.26. The third-order valence-corrected chi connectivity index (χ3v) is 5.83. The van der Waals surface area contributed by atoms with Crippen LogP contribution < -0.4 is 5.32 Å². The zero-order chi connectivity index (χ0) is 16.1. The van der Waals surface area contributed by atoms with Crippen LogP contribution in [0.3, 0.4) is 0 Å². The number of thiophene rings is 1. The second kappa shape index (κ2) is 8.15. The van der Waals surface area contributed by atoms with Gasteiger partial charge < -0.3 is 10.2 Å². The molecule has 23 heavy (non-hydrogen) atoms. The molecule has 2 fully saturated rings. The molecule has 128 valence electrons. The maximum absolute atomic E-state index is 12.6. The monoisotopic (exact) mass is 335 g/mol. The summed E-state index contributed by atoms with van der Waals surface area (Å²) in [6.45, 7) is 6.98. The van der Waals surface area contributed by atoms with E-state index in [0.717, 1.165) is 45.1 Å². The summed E-state index contributed by atoms with van der Waals surface area (Å²) in [6.07, 6.45) is 6.16. The number of hydrogen-bond acceptors (Lipinski definition) is 3. The molecule has 0 spiro atoms. The van der Waals surface area contributed by atoms with Gasteiger partial charge in [0.15, 0.2) is 0 Å². The molecular weight excluding hydrogens is 306 g/mol. The van der Waals surface area contributed by atoms with Crippen LogP contribution in [0.25, 0.3) is 0 Å². The van der Waals surface area contributed by atoms with Gasteiger partial charge in [0.1, 0.15) is 0 Å². The van der Waals surface area contributed by atoms with Gasteiger partial charge in [0.2, 0.25) is 0 Å². The van der Waals surface area contributed by atoms with Crippen molar-refractivity contribution in [2.24, 2.45) is 5.92 Å². The van der Waals surface area contributed by atoms with Gasteiger partial charge in [-0.25, -0.2) is 4.79 Å². The Morgan fingerprint density at radius 2 is 2.22 bits per heavy atom. The number of amides is 2. The van der Waals surface area contributed by atoms with Crippen molar-refractivity contribution < 1.29 is 4.79 Å². The summed E-state index contributed by atoms with van der Waals surface area (Å²) in [7, 11) is 0. The summed E-state index contributed by atoms with van der Waals surface area (Å²) >= 11 is 1.80. The van der Waals surface area contributed by atoms with Gasteiger partial charge in [0, 0.05) is 24.5 Å². The first-order valence-electron chi connectivity index (χ1n) is 9.08. The Bertz CT molecular complexity index is 480. The average molecular weight is 336 g/mol. The summed E-state index contributed by atoms with van der Waals surface area (Å²) in [4.78, 5) is 18.5. The van der Waals surface area contributed by atoms with Gasteiger partial charge in [-0.15, -0.1) is 11.3 Å². The summed E-state index contributed by atoms with van der Waals surface area (Å²) in [5.74, 6) is 0.749. The molecule has 2 aliphatic rings. The standard InChI is InChI=1S/C18H29N3OS/c1-2-9-21(14-15-7-8-15)18(22)19-13-16(17-6-5-12-23-17)20-10-3-4-11-20/h5-6,12,15-16H,2-4,7-11,13-14H2,1H3,(H,19,22). The fourth-order valence-electron chi connectivity index (χ4n) is 3.40. The number of carbonyl (C=O) groups excluding carboxylic acids is 1. The predicted molar refractivity (Wildman–Crippen MR) is 95.9 cm³/mol. The first-order valence-corrected chi connectivity index (χ1v) is 9.96. The molecule has 1 N–H and O–H groups in total. The summed E-state index contributed by atoms with van der Waals surface area (Å²) in [5.41, 5.74) is 0. The summed E-state index contributed by atoms with van der Waals surface area (Å²) in [6, 6.07) is 4.78. The van der Waals surface area contributed by atoms with E-state index in [1.807, 2.05) is 4.90 Å². The van der Waals surface area contributed by atoms with Crippen LogP contribution in [-0.2, 0) is 0 Å². The molecule has 2 amide bonds. The Labute approximate surface area is 143 Å². The van der Waals surface area contributed by atoms with Gasteiger partial charge in [-0.3, -0.25) is 4.90 Å². The molecule has 5 heteroatoms. The average Bonchev–Trinajstić information content (AvgIpc) is 3.03. The van der Waals surface area contributed by atoms with E-state index in [1.54, 1.807) is 11.3 Å². The maximum Gasteiger partial charge on any atom is 0.317 e. The van der Waals surface area contributed by atoms with Crippen LogP contribution in [0.5, 0.6) is 0 Å². The lowest BCUT2D eigenvalue weighted by Crippen LogP contribution is -2.44. The number of nitrogens with zero attached hydrogens (tertiary/aromatic N) is 2. The van der Waals surface area contributed by atoms with Crippen LogP contribution in [0.1, 0.15) is 49.9 Å².